The molecule has 1 N–H and O–H groups in total. The van der Waals surface area contributed by atoms with E-state index in [-0.39, 0.29) is 6.03 Å². The number of nitrogens with zero attached hydrogens (tertiary/aromatic N) is 2. The Labute approximate surface area is 112 Å². The summed E-state index contributed by atoms with van der Waals surface area (Å²) in [5, 5.41) is 2.80. The van der Waals surface area contributed by atoms with Gasteiger partial charge in [-0.15, -0.1) is 0 Å². The highest BCUT2D eigenvalue weighted by Crippen LogP contribution is 2.01. The van der Waals surface area contributed by atoms with Gasteiger partial charge in [-0.05, 0) is 36.2 Å². The van der Waals surface area contributed by atoms with Gasteiger partial charge in [0.1, 0.15) is 5.76 Å². The molecule has 2 amide bonds. The lowest BCUT2D eigenvalue weighted by Gasteiger charge is -2.17. The van der Waals surface area contributed by atoms with Crippen LogP contribution in [0.25, 0.3) is 0 Å². The lowest BCUT2D eigenvalue weighted by molar-refractivity contribution is 0.208. The van der Waals surface area contributed by atoms with E-state index in [0.717, 1.165) is 12.2 Å². The number of likely N-dealkylation sites (N-methyl/N-ethyl adjacent to an activating group) is 1. The van der Waals surface area contributed by atoms with Crippen molar-refractivity contribution >= 4 is 6.03 Å². The molecule has 2 rings (SSSR count). The van der Waals surface area contributed by atoms with Gasteiger partial charge in [-0.2, -0.15) is 0 Å². The second-order valence-electron chi connectivity index (χ2n) is 4.27. The van der Waals surface area contributed by atoms with Crippen molar-refractivity contribution in [2.24, 2.45) is 0 Å². The van der Waals surface area contributed by atoms with Crippen LogP contribution in [0.3, 0.4) is 0 Å². The topological polar surface area (TPSA) is 58.4 Å². The van der Waals surface area contributed by atoms with Crippen molar-refractivity contribution in [2.45, 2.75) is 13.0 Å². The number of aromatic nitrogens is 1. The van der Waals surface area contributed by atoms with Crippen LogP contribution in [0.15, 0.2) is 47.3 Å². The Morgan fingerprint density at radius 1 is 1.37 bits per heavy atom. The molecule has 0 saturated heterocycles. The zero-order valence-corrected chi connectivity index (χ0v) is 10.9. The van der Waals surface area contributed by atoms with Gasteiger partial charge in [-0.3, -0.25) is 4.98 Å². The number of nitrogens with one attached hydrogen (secondary N) is 1. The van der Waals surface area contributed by atoms with Gasteiger partial charge in [0, 0.05) is 26.0 Å². The van der Waals surface area contributed by atoms with E-state index >= 15 is 0 Å². The molecule has 0 aliphatic carbocycles. The van der Waals surface area contributed by atoms with Crippen LogP contribution in [-0.2, 0) is 13.0 Å². The number of rotatable bonds is 5. The minimum atomic E-state index is -0.106. The number of urea groups is 1. The van der Waals surface area contributed by atoms with E-state index < -0.39 is 0 Å². The highest BCUT2D eigenvalue weighted by molar-refractivity contribution is 5.73. The van der Waals surface area contributed by atoms with Crippen molar-refractivity contribution in [3.05, 3.63) is 54.2 Å². The summed E-state index contributed by atoms with van der Waals surface area (Å²) in [6.45, 7) is 1.07. The predicted molar refractivity (Wildman–Crippen MR) is 71.5 cm³/mol. The minimum absolute atomic E-state index is 0.106. The Morgan fingerprint density at radius 2 is 2.16 bits per heavy atom. The van der Waals surface area contributed by atoms with E-state index in [1.807, 2.05) is 18.2 Å². The van der Waals surface area contributed by atoms with Gasteiger partial charge in [0.15, 0.2) is 0 Å². The summed E-state index contributed by atoms with van der Waals surface area (Å²) in [6, 6.07) is 7.43. The van der Waals surface area contributed by atoms with Crippen LogP contribution in [0.5, 0.6) is 0 Å². The highest BCUT2D eigenvalue weighted by atomic mass is 16.3. The maximum Gasteiger partial charge on any atom is 0.317 e. The largest absolute Gasteiger partial charge is 0.467 e. The number of hydrogen-bond acceptors (Lipinski definition) is 3. The lowest BCUT2D eigenvalue weighted by Crippen LogP contribution is -2.37. The van der Waals surface area contributed by atoms with Crippen LogP contribution in [0, 0.1) is 0 Å². The quantitative estimate of drug-likeness (QED) is 0.894. The number of hydrogen-bond donors (Lipinski definition) is 1. The average molecular weight is 259 g/mol. The van der Waals surface area contributed by atoms with Crippen molar-refractivity contribution in [2.75, 3.05) is 13.6 Å². The van der Waals surface area contributed by atoms with E-state index in [0.29, 0.717) is 13.1 Å². The molecule has 2 aromatic heterocycles. The number of furan rings is 1. The Bertz CT molecular complexity index is 497. The molecular formula is C14H17N3O2. The van der Waals surface area contributed by atoms with Crippen LogP contribution >= 0.6 is 0 Å². The molecule has 0 spiro atoms. The molecule has 19 heavy (non-hydrogen) atoms. The first-order valence-corrected chi connectivity index (χ1v) is 6.16. The maximum atomic E-state index is 11.8. The van der Waals surface area contributed by atoms with Crippen LogP contribution in [0.1, 0.15) is 11.3 Å². The summed E-state index contributed by atoms with van der Waals surface area (Å²) in [5.41, 5.74) is 1.17. The Kier molecular flexibility index (Phi) is 4.55. The Hall–Kier alpha value is -2.30. The number of pyridine rings is 1. The van der Waals surface area contributed by atoms with Gasteiger partial charge in [-0.25, -0.2) is 4.79 Å². The zero-order chi connectivity index (χ0) is 13.5. The molecule has 0 bridgehead atoms. The second-order valence-corrected chi connectivity index (χ2v) is 4.27. The highest BCUT2D eigenvalue weighted by Gasteiger charge is 2.08. The Morgan fingerprint density at radius 3 is 2.84 bits per heavy atom. The van der Waals surface area contributed by atoms with Crippen molar-refractivity contribution in [3.8, 4) is 0 Å². The van der Waals surface area contributed by atoms with Gasteiger partial charge in [0.25, 0.3) is 0 Å². The van der Waals surface area contributed by atoms with Gasteiger partial charge >= 0.3 is 6.03 Å². The summed E-state index contributed by atoms with van der Waals surface area (Å²) < 4.78 is 5.15. The lowest BCUT2D eigenvalue weighted by atomic mass is 10.2. The van der Waals surface area contributed by atoms with Crippen molar-refractivity contribution in [1.82, 2.24) is 15.2 Å². The minimum Gasteiger partial charge on any atom is -0.467 e. The summed E-state index contributed by atoms with van der Waals surface area (Å²) in [5.74, 6) is 0.746. The first-order chi connectivity index (χ1) is 9.25. The Balaban J connectivity index is 1.73. The van der Waals surface area contributed by atoms with Gasteiger partial charge in [-0.1, -0.05) is 0 Å². The molecule has 0 aromatic carbocycles. The van der Waals surface area contributed by atoms with Crippen molar-refractivity contribution in [3.63, 3.8) is 0 Å². The predicted octanol–water partition coefficient (Wildman–Crippen LogP) is 2.06. The molecule has 2 aromatic rings. The van der Waals surface area contributed by atoms with E-state index in [2.05, 4.69) is 10.3 Å². The van der Waals surface area contributed by atoms with Crippen LogP contribution < -0.4 is 5.32 Å². The molecule has 0 aliphatic rings. The molecular weight excluding hydrogens is 242 g/mol. The van der Waals surface area contributed by atoms with Crippen molar-refractivity contribution < 1.29 is 9.21 Å². The summed E-state index contributed by atoms with van der Waals surface area (Å²) in [6.07, 6.45) is 5.92. The first kappa shape index (κ1) is 13.1. The fourth-order valence-corrected chi connectivity index (χ4v) is 1.66. The molecule has 0 saturated carbocycles. The molecule has 0 atom stereocenters. The fraction of sp³-hybridized carbons (Fsp3) is 0.286. The third kappa shape index (κ3) is 4.13. The summed E-state index contributed by atoms with van der Waals surface area (Å²) in [7, 11) is 1.78. The van der Waals surface area contributed by atoms with Gasteiger partial charge in [0.2, 0.25) is 0 Å². The maximum absolute atomic E-state index is 11.8. The smallest absolute Gasteiger partial charge is 0.317 e. The normalized spacial score (nSPS) is 10.2. The standard InChI is InChI=1S/C14H17N3O2/c1-17(9-6-12-4-7-15-8-5-12)14(18)16-11-13-3-2-10-19-13/h2-5,7-8,10H,6,9,11H2,1H3,(H,16,18). The monoisotopic (exact) mass is 259 g/mol. The first-order valence-electron chi connectivity index (χ1n) is 6.16. The van der Waals surface area contributed by atoms with E-state index in [4.69, 9.17) is 4.42 Å². The second kappa shape index (κ2) is 6.58. The number of amides is 2. The van der Waals surface area contributed by atoms with Gasteiger partial charge in [0.05, 0.1) is 12.8 Å². The third-order valence-electron chi connectivity index (χ3n) is 2.83. The molecule has 0 radical (unpaired) electrons. The number of carbonyl (C=O) groups excluding carboxylic acids is 1. The molecule has 0 fully saturated rings. The van der Waals surface area contributed by atoms with Gasteiger partial charge < -0.3 is 14.6 Å². The fourth-order valence-electron chi connectivity index (χ4n) is 1.66. The van der Waals surface area contributed by atoms with E-state index in [1.54, 1.807) is 36.7 Å². The van der Waals surface area contributed by atoms with Crippen LogP contribution in [-0.4, -0.2) is 29.5 Å². The van der Waals surface area contributed by atoms with Crippen LogP contribution in [0.2, 0.25) is 0 Å². The summed E-state index contributed by atoms with van der Waals surface area (Å²) >= 11 is 0. The average Bonchev–Trinajstić information content (AvgIpc) is 2.96. The van der Waals surface area contributed by atoms with E-state index in [9.17, 15) is 4.79 Å². The molecule has 0 unspecified atom stereocenters. The zero-order valence-electron chi connectivity index (χ0n) is 10.9. The van der Waals surface area contributed by atoms with Crippen molar-refractivity contribution in [1.29, 1.82) is 0 Å². The molecule has 5 nitrogen and oxygen atoms in total. The number of carbonyl (C=O) groups is 1. The SMILES string of the molecule is CN(CCc1ccncc1)C(=O)NCc1ccco1. The summed E-state index contributed by atoms with van der Waals surface area (Å²) in [4.78, 5) is 17.4. The van der Waals surface area contributed by atoms with Crippen LogP contribution in [0.4, 0.5) is 4.79 Å². The molecule has 5 heteroatoms. The van der Waals surface area contributed by atoms with E-state index in [1.165, 1.54) is 5.56 Å². The molecule has 2 heterocycles. The molecule has 100 valence electrons. The molecule has 0 aliphatic heterocycles. The third-order valence-corrected chi connectivity index (χ3v) is 2.83.